The van der Waals surface area contributed by atoms with Crippen LogP contribution in [0.5, 0.6) is 5.75 Å². The van der Waals surface area contributed by atoms with Crippen LogP contribution in [0.4, 0.5) is 4.39 Å². The van der Waals surface area contributed by atoms with Crippen LogP contribution in [0.25, 0.3) is 0 Å². The van der Waals surface area contributed by atoms with E-state index in [-0.39, 0.29) is 17.4 Å². The maximum atomic E-state index is 13.3. The topological polar surface area (TPSA) is 29.5 Å². The Morgan fingerprint density at radius 2 is 2.07 bits per heavy atom. The van der Waals surface area contributed by atoms with E-state index in [0.717, 1.165) is 19.3 Å². The zero-order chi connectivity index (χ0) is 11.1. The standard InChI is InChI=1S/C11H14ClFO2/c12-9-5-4-6-10(11(9)13)15-8-3-1-2-7-14/h4-6,14H,1-3,7-8H2. The van der Waals surface area contributed by atoms with Gasteiger partial charge in [-0.05, 0) is 31.4 Å². The van der Waals surface area contributed by atoms with Gasteiger partial charge in [0.15, 0.2) is 11.6 Å². The molecule has 1 aromatic rings. The number of rotatable bonds is 6. The molecule has 0 fully saturated rings. The van der Waals surface area contributed by atoms with Gasteiger partial charge in [-0.1, -0.05) is 17.7 Å². The summed E-state index contributed by atoms with van der Waals surface area (Å²) in [5.41, 5.74) is 0. The zero-order valence-corrected chi connectivity index (χ0v) is 9.13. The minimum Gasteiger partial charge on any atom is -0.490 e. The highest BCUT2D eigenvalue weighted by atomic mass is 35.5. The monoisotopic (exact) mass is 232 g/mol. The number of aliphatic hydroxyl groups is 1. The molecule has 15 heavy (non-hydrogen) atoms. The first kappa shape index (κ1) is 12.3. The fraction of sp³-hybridized carbons (Fsp3) is 0.455. The van der Waals surface area contributed by atoms with Crippen LogP contribution in [0.3, 0.4) is 0 Å². The highest BCUT2D eigenvalue weighted by Crippen LogP contribution is 2.24. The number of hydrogen-bond acceptors (Lipinski definition) is 2. The molecule has 0 aliphatic heterocycles. The average Bonchev–Trinajstić information content (AvgIpc) is 2.24. The van der Waals surface area contributed by atoms with Crippen molar-refractivity contribution >= 4 is 11.6 Å². The molecular formula is C11H14ClFO2. The summed E-state index contributed by atoms with van der Waals surface area (Å²) in [6, 6.07) is 4.68. The Morgan fingerprint density at radius 1 is 1.27 bits per heavy atom. The van der Waals surface area contributed by atoms with Gasteiger partial charge >= 0.3 is 0 Å². The van der Waals surface area contributed by atoms with Crippen LogP contribution in [0, 0.1) is 5.82 Å². The molecule has 2 nitrogen and oxygen atoms in total. The van der Waals surface area contributed by atoms with Crippen LogP contribution in [-0.4, -0.2) is 18.3 Å². The van der Waals surface area contributed by atoms with Gasteiger partial charge in [0.25, 0.3) is 0 Å². The molecular weight excluding hydrogens is 219 g/mol. The minimum absolute atomic E-state index is 0.0721. The molecule has 1 N–H and O–H groups in total. The number of benzene rings is 1. The van der Waals surface area contributed by atoms with E-state index in [4.69, 9.17) is 21.4 Å². The Hall–Kier alpha value is -0.800. The summed E-state index contributed by atoms with van der Waals surface area (Å²) in [4.78, 5) is 0. The number of halogens is 2. The lowest BCUT2D eigenvalue weighted by Crippen LogP contribution is -1.99. The predicted octanol–water partition coefficient (Wildman–Crippen LogP) is 3.02. The SMILES string of the molecule is OCCCCCOc1cccc(Cl)c1F. The molecule has 0 unspecified atom stereocenters. The first-order valence-corrected chi connectivity index (χ1v) is 5.31. The van der Waals surface area contributed by atoms with E-state index in [1.165, 1.54) is 6.07 Å². The van der Waals surface area contributed by atoms with Crippen molar-refractivity contribution in [1.82, 2.24) is 0 Å². The lowest BCUT2D eigenvalue weighted by atomic mass is 10.2. The van der Waals surface area contributed by atoms with Crippen LogP contribution < -0.4 is 4.74 Å². The average molecular weight is 233 g/mol. The third-order valence-electron chi connectivity index (χ3n) is 1.98. The van der Waals surface area contributed by atoms with Gasteiger partial charge in [-0.2, -0.15) is 0 Å². The fourth-order valence-corrected chi connectivity index (χ4v) is 1.33. The molecule has 0 saturated heterocycles. The Bertz CT molecular complexity index is 305. The van der Waals surface area contributed by atoms with Gasteiger partial charge in [0.2, 0.25) is 0 Å². The maximum absolute atomic E-state index is 13.3. The summed E-state index contributed by atoms with van der Waals surface area (Å²) in [5, 5.41) is 8.62. The van der Waals surface area contributed by atoms with Crippen molar-refractivity contribution in [2.45, 2.75) is 19.3 Å². The van der Waals surface area contributed by atoms with Crippen molar-refractivity contribution in [3.8, 4) is 5.75 Å². The van der Waals surface area contributed by atoms with Gasteiger partial charge in [-0.3, -0.25) is 0 Å². The second kappa shape index (κ2) is 6.64. The van der Waals surface area contributed by atoms with Crippen molar-refractivity contribution in [3.05, 3.63) is 29.0 Å². The molecule has 1 aromatic carbocycles. The summed E-state index contributed by atoms with van der Waals surface area (Å²) in [6.07, 6.45) is 2.42. The molecule has 0 bridgehead atoms. The van der Waals surface area contributed by atoms with Crippen molar-refractivity contribution < 1.29 is 14.2 Å². The summed E-state index contributed by atoms with van der Waals surface area (Å²) in [6.45, 7) is 0.628. The fourth-order valence-electron chi connectivity index (χ4n) is 1.17. The minimum atomic E-state index is -0.513. The van der Waals surface area contributed by atoms with Crippen molar-refractivity contribution in [2.24, 2.45) is 0 Å². The molecule has 0 radical (unpaired) electrons. The first-order chi connectivity index (χ1) is 7.25. The number of ether oxygens (including phenoxy) is 1. The lowest BCUT2D eigenvalue weighted by Gasteiger charge is -2.07. The lowest BCUT2D eigenvalue weighted by molar-refractivity contribution is 0.261. The van der Waals surface area contributed by atoms with E-state index in [0.29, 0.717) is 6.61 Å². The smallest absolute Gasteiger partial charge is 0.183 e. The Labute approximate surface area is 93.6 Å². The number of unbranched alkanes of at least 4 members (excludes halogenated alkanes) is 2. The molecule has 0 aromatic heterocycles. The third kappa shape index (κ3) is 4.06. The first-order valence-electron chi connectivity index (χ1n) is 4.93. The molecule has 84 valence electrons. The van der Waals surface area contributed by atoms with Gasteiger partial charge < -0.3 is 9.84 Å². The molecule has 0 aliphatic carbocycles. The van der Waals surface area contributed by atoms with E-state index in [9.17, 15) is 4.39 Å². The molecule has 4 heteroatoms. The van der Waals surface area contributed by atoms with Crippen LogP contribution >= 0.6 is 11.6 Å². The van der Waals surface area contributed by atoms with Gasteiger partial charge in [0.1, 0.15) is 0 Å². The van der Waals surface area contributed by atoms with Gasteiger partial charge in [-0.25, -0.2) is 4.39 Å². The second-order valence-electron chi connectivity index (χ2n) is 3.18. The largest absolute Gasteiger partial charge is 0.490 e. The third-order valence-corrected chi connectivity index (χ3v) is 2.27. The molecule has 1 rings (SSSR count). The van der Waals surface area contributed by atoms with E-state index in [1.54, 1.807) is 12.1 Å². The quantitative estimate of drug-likeness (QED) is 0.764. The van der Waals surface area contributed by atoms with Gasteiger partial charge in [0.05, 0.1) is 11.6 Å². The van der Waals surface area contributed by atoms with E-state index < -0.39 is 5.82 Å². The van der Waals surface area contributed by atoms with Crippen LogP contribution in [0.2, 0.25) is 5.02 Å². The molecule has 0 spiro atoms. The molecule has 0 heterocycles. The second-order valence-corrected chi connectivity index (χ2v) is 3.59. The Balaban J connectivity index is 2.34. The Kier molecular flexibility index (Phi) is 5.43. The summed E-state index contributed by atoms with van der Waals surface area (Å²) in [5.74, 6) is -0.326. The predicted molar refractivity (Wildman–Crippen MR) is 57.8 cm³/mol. The summed E-state index contributed by atoms with van der Waals surface area (Å²) >= 11 is 5.59. The van der Waals surface area contributed by atoms with E-state index in [2.05, 4.69) is 0 Å². The number of aliphatic hydroxyl groups excluding tert-OH is 1. The van der Waals surface area contributed by atoms with Crippen LogP contribution in [-0.2, 0) is 0 Å². The van der Waals surface area contributed by atoms with Crippen LogP contribution in [0.15, 0.2) is 18.2 Å². The van der Waals surface area contributed by atoms with Crippen molar-refractivity contribution in [3.63, 3.8) is 0 Å². The summed E-state index contributed by atoms with van der Waals surface area (Å²) < 4.78 is 18.5. The van der Waals surface area contributed by atoms with Gasteiger partial charge in [-0.15, -0.1) is 0 Å². The van der Waals surface area contributed by atoms with Gasteiger partial charge in [0, 0.05) is 6.61 Å². The normalized spacial score (nSPS) is 10.3. The van der Waals surface area contributed by atoms with Crippen molar-refractivity contribution in [2.75, 3.05) is 13.2 Å². The number of hydrogen-bond donors (Lipinski definition) is 1. The molecule has 0 aliphatic rings. The highest BCUT2D eigenvalue weighted by Gasteiger charge is 2.06. The van der Waals surface area contributed by atoms with E-state index >= 15 is 0 Å². The molecule has 0 saturated carbocycles. The highest BCUT2D eigenvalue weighted by molar-refractivity contribution is 6.30. The Morgan fingerprint density at radius 3 is 2.80 bits per heavy atom. The van der Waals surface area contributed by atoms with Crippen molar-refractivity contribution in [1.29, 1.82) is 0 Å². The van der Waals surface area contributed by atoms with Crippen LogP contribution in [0.1, 0.15) is 19.3 Å². The summed E-state index contributed by atoms with van der Waals surface area (Å²) in [7, 11) is 0. The maximum Gasteiger partial charge on any atom is 0.183 e. The zero-order valence-electron chi connectivity index (χ0n) is 8.38. The van der Waals surface area contributed by atoms with E-state index in [1.807, 2.05) is 0 Å². The molecule has 0 amide bonds. The molecule has 0 atom stereocenters.